The third-order valence-corrected chi connectivity index (χ3v) is 2.50. The molecule has 0 aliphatic heterocycles. The molecule has 0 aromatic rings. The summed E-state index contributed by atoms with van der Waals surface area (Å²) in [5.41, 5.74) is -0.873. The molecule has 1 atom stereocenters. The Morgan fingerprint density at radius 3 is 2.40 bits per heavy atom. The van der Waals surface area contributed by atoms with Crippen molar-refractivity contribution in [2.24, 2.45) is 5.14 Å². The molecule has 92 valence electrons. The maximum absolute atomic E-state index is 10.6. The Labute approximate surface area is 91.5 Å². The third kappa shape index (κ3) is 10.1. The van der Waals surface area contributed by atoms with Crippen LogP contribution in [0.5, 0.6) is 0 Å². The van der Waals surface area contributed by atoms with Gasteiger partial charge in [-0.25, -0.2) is 13.6 Å². The number of aliphatic hydroxyl groups is 1. The number of primary sulfonamides is 1. The molecule has 0 amide bonds. The lowest BCUT2D eigenvalue weighted by atomic mass is 10.1. The lowest BCUT2D eigenvalue weighted by Crippen LogP contribution is -2.46. The van der Waals surface area contributed by atoms with E-state index in [-0.39, 0.29) is 12.3 Å². The smallest absolute Gasteiger partial charge is 0.210 e. The lowest BCUT2D eigenvalue weighted by molar-refractivity contribution is 0.0344. The van der Waals surface area contributed by atoms with Crippen LogP contribution in [0.1, 0.15) is 6.92 Å². The van der Waals surface area contributed by atoms with Crippen LogP contribution in [0.25, 0.3) is 0 Å². The van der Waals surface area contributed by atoms with Gasteiger partial charge in [-0.3, -0.25) is 0 Å². The van der Waals surface area contributed by atoms with Crippen LogP contribution in [-0.4, -0.2) is 63.5 Å². The molecule has 0 aromatic carbocycles. The molecule has 15 heavy (non-hydrogen) atoms. The van der Waals surface area contributed by atoms with Crippen LogP contribution >= 0.6 is 0 Å². The molecule has 0 aromatic heterocycles. The Kier molecular flexibility index (Phi) is 5.68. The van der Waals surface area contributed by atoms with Gasteiger partial charge in [-0.1, -0.05) is 0 Å². The number of rotatable bonds is 7. The van der Waals surface area contributed by atoms with E-state index < -0.39 is 15.6 Å². The van der Waals surface area contributed by atoms with Crippen LogP contribution in [0.3, 0.4) is 0 Å². The van der Waals surface area contributed by atoms with Crippen molar-refractivity contribution in [2.75, 3.05) is 39.5 Å². The Morgan fingerprint density at radius 1 is 1.47 bits per heavy atom. The maximum Gasteiger partial charge on any atom is 0.210 e. The van der Waals surface area contributed by atoms with Gasteiger partial charge in [0, 0.05) is 19.6 Å². The second-order valence-electron chi connectivity index (χ2n) is 4.28. The highest BCUT2D eigenvalue weighted by Crippen LogP contribution is 2.01. The van der Waals surface area contributed by atoms with Crippen LogP contribution in [-0.2, 0) is 10.0 Å². The average molecular weight is 239 g/mol. The fraction of sp³-hybridized carbons (Fsp3) is 1.00. The summed E-state index contributed by atoms with van der Waals surface area (Å²) in [6.45, 7) is 2.79. The molecule has 6 nitrogen and oxygen atoms in total. The average Bonchev–Trinajstić information content (AvgIpc) is 1.93. The van der Waals surface area contributed by atoms with Gasteiger partial charge in [0.05, 0.1) is 11.4 Å². The molecular formula is C8H21N3O3S. The highest BCUT2D eigenvalue weighted by molar-refractivity contribution is 7.89. The van der Waals surface area contributed by atoms with E-state index in [0.29, 0.717) is 13.1 Å². The predicted molar refractivity (Wildman–Crippen MR) is 60.0 cm³/mol. The van der Waals surface area contributed by atoms with Gasteiger partial charge in [-0.15, -0.1) is 0 Å². The largest absolute Gasteiger partial charge is 0.388 e. The highest BCUT2D eigenvalue weighted by atomic mass is 32.2. The fourth-order valence-corrected chi connectivity index (χ4v) is 1.74. The summed E-state index contributed by atoms with van der Waals surface area (Å²) in [7, 11) is 0.300. The van der Waals surface area contributed by atoms with E-state index in [1.54, 1.807) is 6.92 Å². The summed E-state index contributed by atoms with van der Waals surface area (Å²) in [5.74, 6) is -0.120. The van der Waals surface area contributed by atoms with E-state index in [9.17, 15) is 13.5 Å². The predicted octanol–water partition coefficient (Wildman–Crippen LogP) is -1.82. The van der Waals surface area contributed by atoms with Gasteiger partial charge in [0.1, 0.15) is 0 Å². The monoisotopic (exact) mass is 239 g/mol. The topological polar surface area (TPSA) is 95.7 Å². The molecule has 0 bridgehead atoms. The Hall–Kier alpha value is -0.210. The van der Waals surface area contributed by atoms with Crippen LogP contribution in [0, 0.1) is 0 Å². The van der Waals surface area contributed by atoms with Crippen molar-refractivity contribution in [3.63, 3.8) is 0 Å². The summed E-state index contributed by atoms with van der Waals surface area (Å²) in [5, 5.41) is 17.5. The van der Waals surface area contributed by atoms with E-state index >= 15 is 0 Å². The van der Waals surface area contributed by atoms with Gasteiger partial charge in [0.2, 0.25) is 10.0 Å². The first-order valence-corrected chi connectivity index (χ1v) is 6.42. The van der Waals surface area contributed by atoms with Crippen molar-refractivity contribution < 1.29 is 13.5 Å². The normalized spacial score (nSPS) is 16.7. The number of likely N-dealkylation sites (N-methyl/N-ethyl adjacent to an activating group) is 1. The molecule has 0 saturated heterocycles. The Bertz CT molecular complexity index is 275. The van der Waals surface area contributed by atoms with E-state index in [1.165, 1.54) is 0 Å². The van der Waals surface area contributed by atoms with Crippen molar-refractivity contribution in [2.45, 2.75) is 12.5 Å². The van der Waals surface area contributed by atoms with E-state index in [2.05, 4.69) is 5.32 Å². The standard InChI is InChI=1S/C8H21N3O3S/c1-8(12,7-11(2)3)6-10-4-5-15(9,13)14/h10,12H,4-7H2,1-3H3,(H2,9,13,14). The highest BCUT2D eigenvalue weighted by Gasteiger charge is 2.20. The Morgan fingerprint density at radius 2 is 2.00 bits per heavy atom. The maximum atomic E-state index is 10.6. The van der Waals surface area contributed by atoms with E-state index in [1.807, 2.05) is 19.0 Å². The molecule has 0 aliphatic carbocycles. The fourth-order valence-electron chi connectivity index (χ4n) is 1.31. The number of hydrogen-bond acceptors (Lipinski definition) is 5. The summed E-state index contributed by atoms with van der Waals surface area (Å²) in [6, 6.07) is 0. The summed E-state index contributed by atoms with van der Waals surface area (Å²) in [4.78, 5) is 1.86. The number of hydrogen-bond donors (Lipinski definition) is 3. The number of nitrogens with one attached hydrogen (secondary N) is 1. The van der Waals surface area contributed by atoms with Gasteiger partial charge in [-0.05, 0) is 21.0 Å². The molecule has 4 N–H and O–H groups in total. The van der Waals surface area contributed by atoms with Crippen molar-refractivity contribution in [1.82, 2.24) is 10.2 Å². The van der Waals surface area contributed by atoms with Gasteiger partial charge in [-0.2, -0.15) is 0 Å². The lowest BCUT2D eigenvalue weighted by Gasteiger charge is -2.27. The molecule has 0 spiro atoms. The quantitative estimate of drug-likeness (QED) is 0.455. The molecule has 0 aliphatic rings. The number of nitrogens with zero attached hydrogens (tertiary/aromatic N) is 1. The molecule has 0 rings (SSSR count). The van der Waals surface area contributed by atoms with Crippen molar-refractivity contribution in [1.29, 1.82) is 0 Å². The molecule has 7 heteroatoms. The summed E-state index contributed by atoms with van der Waals surface area (Å²) < 4.78 is 21.2. The zero-order chi connectivity index (χ0) is 12.1. The molecule has 0 fully saturated rings. The molecule has 0 saturated carbocycles. The summed E-state index contributed by atoms with van der Waals surface area (Å²) in [6.07, 6.45) is 0. The zero-order valence-corrected chi connectivity index (χ0v) is 10.3. The van der Waals surface area contributed by atoms with Gasteiger partial charge in [0.15, 0.2) is 0 Å². The number of sulfonamides is 1. The van der Waals surface area contributed by atoms with Crippen molar-refractivity contribution in [3.05, 3.63) is 0 Å². The molecule has 0 radical (unpaired) electrons. The van der Waals surface area contributed by atoms with Gasteiger partial charge < -0.3 is 15.3 Å². The van der Waals surface area contributed by atoms with Crippen molar-refractivity contribution >= 4 is 10.0 Å². The zero-order valence-electron chi connectivity index (χ0n) is 9.52. The molecular weight excluding hydrogens is 218 g/mol. The second kappa shape index (κ2) is 5.76. The van der Waals surface area contributed by atoms with Crippen molar-refractivity contribution in [3.8, 4) is 0 Å². The molecule has 0 heterocycles. The SMILES string of the molecule is CN(C)CC(C)(O)CNCCS(N)(=O)=O. The summed E-state index contributed by atoms with van der Waals surface area (Å²) >= 11 is 0. The Balaban J connectivity index is 3.76. The van der Waals surface area contributed by atoms with E-state index in [0.717, 1.165) is 0 Å². The van der Waals surface area contributed by atoms with Crippen LogP contribution in [0.15, 0.2) is 0 Å². The van der Waals surface area contributed by atoms with Crippen LogP contribution in [0.2, 0.25) is 0 Å². The third-order valence-electron chi connectivity index (χ3n) is 1.73. The first-order valence-electron chi connectivity index (χ1n) is 4.71. The first-order chi connectivity index (χ1) is 6.62. The van der Waals surface area contributed by atoms with Gasteiger partial charge >= 0.3 is 0 Å². The number of nitrogens with two attached hydrogens (primary N) is 1. The minimum Gasteiger partial charge on any atom is -0.388 e. The van der Waals surface area contributed by atoms with Gasteiger partial charge in [0.25, 0.3) is 0 Å². The minimum atomic E-state index is -3.42. The minimum absolute atomic E-state index is 0.120. The first kappa shape index (κ1) is 14.8. The van der Waals surface area contributed by atoms with Crippen LogP contribution in [0.4, 0.5) is 0 Å². The second-order valence-corrected chi connectivity index (χ2v) is 6.01. The van der Waals surface area contributed by atoms with E-state index in [4.69, 9.17) is 5.14 Å². The van der Waals surface area contributed by atoms with Crippen LogP contribution < -0.4 is 10.5 Å². The molecule has 1 unspecified atom stereocenters.